The van der Waals surface area contributed by atoms with Crippen LogP contribution < -0.4 is 4.90 Å². The van der Waals surface area contributed by atoms with Crippen LogP contribution in [0.5, 0.6) is 0 Å². The molecule has 0 N–H and O–H groups in total. The lowest BCUT2D eigenvalue weighted by Gasteiger charge is -2.27. The summed E-state index contributed by atoms with van der Waals surface area (Å²) in [7, 11) is 1.57. The van der Waals surface area contributed by atoms with Crippen LogP contribution in [0.25, 0.3) is 11.1 Å². The fraction of sp³-hybridized carbons (Fsp3) is 0.308. The smallest absolute Gasteiger partial charge is 0.225 e. The molecule has 0 amide bonds. The van der Waals surface area contributed by atoms with E-state index in [1.807, 2.05) is 36.7 Å². The number of benzene rings is 2. The van der Waals surface area contributed by atoms with Crippen molar-refractivity contribution in [2.45, 2.75) is 31.7 Å². The van der Waals surface area contributed by atoms with E-state index in [0.29, 0.717) is 18.1 Å². The molecule has 34 heavy (non-hydrogen) atoms. The van der Waals surface area contributed by atoms with E-state index < -0.39 is 11.6 Å². The Bertz CT molecular complexity index is 1190. The van der Waals surface area contributed by atoms with Gasteiger partial charge in [0.05, 0.1) is 17.3 Å². The van der Waals surface area contributed by atoms with Crippen LogP contribution in [0.2, 0.25) is 0 Å². The number of oxime groups is 1. The maximum Gasteiger partial charge on any atom is 0.225 e. The van der Waals surface area contributed by atoms with Gasteiger partial charge in [-0.25, -0.2) is 18.7 Å². The van der Waals surface area contributed by atoms with Crippen LogP contribution in [-0.4, -0.2) is 41.6 Å². The summed E-state index contributed by atoms with van der Waals surface area (Å²) in [5.41, 5.74) is 4.51. The van der Waals surface area contributed by atoms with Gasteiger partial charge in [0.15, 0.2) is 0 Å². The number of hydrogen-bond donors (Lipinski definition) is 0. The summed E-state index contributed by atoms with van der Waals surface area (Å²) >= 11 is 0. The minimum Gasteiger partial charge on any atom is -0.399 e. The molecule has 2 aliphatic rings. The average molecular weight is 462 g/mol. The lowest BCUT2D eigenvalue weighted by molar-refractivity contribution is 0.211. The molecule has 0 bridgehead atoms. The van der Waals surface area contributed by atoms with Gasteiger partial charge < -0.3 is 9.74 Å². The molecule has 1 aromatic heterocycles. The number of rotatable bonds is 5. The Morgan fingerprint density at radius 3 is 2.24 bits per heavy atom. The highest BCUT2D eigenvalue weighted by molar-refractivity contribution is 6.02. The van der Waals surface area contributed by atoms with E-state index in [2.05, 4.69) is 25.0 Å². The number of nitrogens with zero attached hydrogens (tertiary/aromatic N) is 5. The van der Waals surface area contributed by atoms with Crippen molar-refractivity contribution in [2.75, 3.05) is 25.1 Å². The molecule has 2 aromatic carbocycles. The summed E-state index contributed by atoms with van der Waals surface area (Å²) in [6.07, 6.45) is 6.64. The minimum absolute atomic E-state index is 0.00484. The molecule has 0 spiro atoms. The third-order valence-electron chi connectivity index (χ3n) is 6.33. The van der Waals surface area contributed by atoms with E-state index in [-0.39, 0.29) is 11.6 Å². The highest BCUT2D eigenvalue weighted by Gasteiger charge is 2.24. The van der Waals surface area contributed by atoms with Gasteiger partial charge in [0, 0.05) is 49.6 Å². The maximum atomic E-state index is 14.1. The van der Waals surface area contributed by atoms with Crippen LogP contribution in [0.1, 0.15) is 42.9 Å². The normalized spacial score (nSPS) is 18.1. The lowest BCUT2D eigenvalue weighted by atomic mass is 10.0. The summed E-state index contributed by atoms with van der Waals surface area (Å²) in [4.78, 5) is 20.8. The SMILES string of the molecule is CON=C1CCN(c2ncc(-c3ccc(C4CCC(c5c(F)cccc5F)=N4)cc3)cn2)CC1. The van der Waals surface area contributed by atoms with Gasteiger partial charge in [-0.3, -0.25) is 4.99 Å². The zero-order valence-electron chi connectivity index (χ0n) is 18.9. The van der Waals surface area contributed by atoms with E-state index in [1.54, 1.807) is 7.11 Å². The first kappa shape index (κ1) is 22.1. The summed E-state index contributed by atoms with van der Waals surface area (Å²) in [5.74, 6) is -0.414. The third-order valence-corrected chi connectivity index (χ3v) is 6.33. The second kappa shape index (κ2) is 9.67. The molecule has 6 nitrogen and oxygen atoms in total. The second-order valence-corrected chi connectivity index (χ2v) is 8.45. The predicted molar refractivity (Wildman–Crippen MR) is 128 cm³/mol. The molecule has 174 valence electrons. The first-order valence-corrected chi connectivity index (χ1v) is 11.4. The Hall–Kier alpha value is -3.68. The largest absolute Gasteiger partial charge is 0.399 e. The molecule has 8 heteroatoms. The molecule has 0 saturated carbocycles. The van der Waals surface area contributed by atoms with Gasteiger partial charge in [0.25, 0.3) is 0 Å². The van der Waals surface area contributed by atoms with Gasteiger partial charge in [0.1, 0.15) is 18.7 Å². The first-order valence-electron chi connectivity index (χ1n) is 11.4. The van der Waals surface area contributed by atoms with Crippen molar-refractivity contribution in [1.82, 2.24) is 9.97 Å². The van der Waals surface area contributed by atoms with Gasteiger partial charge in [-0.15, -0.1) is 0 Å². The number of aliphatic imine (C=N–C) groups is 1. The molecule has 1 atom stereocenters. The van der Waals surface area contributed by atoms with Gasteiger partial charge in [-0.1, -0.05) is 35.5 Å². The summed E-state index contributed by atoms with van der Waals surface area (Å²) in [6, 6.07) is 11.9. The molecule has 3 aromatic rings. The Balaban J connectivity index is 1.27. The zero-order valence-corrected chi connectivity index (χ0v) is 18.9. The molecule has 1 unspecified atom stereocenters. The van der Waals surface area contributed by atoms with Crippen molar-refractivity contribution in [2.24, 2.45) is 10.1 Å². The lowest BCUT2D eigenvalue weighted by Crippen LogP contribution is -2.35. The van der Waals surface area contributed by atoms with Crippen molar-refractivity contribution >= 4 is 17.4 Å². The highest BCUT2D eigenvalue weighted by Crippen LogP contribution is 2.33. The Labute approximate surface area is 197 Å². The highest BCUT2D eigenvalue weighted by atomic mass is 19.1. The third kappa shape index (κ3) is 4.53. The Kier molecular flexibility index (Phi) is 6.29. The quantitative estimate of drug-likeness (QED) is 0.481. The van der Waals surface area contributed by atoms with Crippen LogP contribution in [0.4, 0.5) is 14.7 Å². The van der Waals surface area contributed by atoms with Crippen LogP contribution in [0.3, 0.4) is 0 Å². The van der Waals surface area contributed by atoms with E-state index in [1.165, 1.54) is 18.2 Å². The van der Waals surface area contributed by atoms with Crippen molar-refractivity contribution in [3.8, 4) is 11.1 Å². The Morgan fingerprint density at radius 2 is 1.59 bits per heavy atom. The van der Waals surface area contributed by atoms with Crippen LogP contribution in [0.15, 0.2) is 65.0 Å². The van der Waals surface area contributed by atoms with E-state index in [0.717, 1.165) is 54.8 Å². The van der Waals surface area contributed by atoms with Crippen LogP contribution in [-0.2, 0) is 4.84 Å². The number of anilines is 1. The predicted octanol–water partition coefficient (Wildman–Crippen LogP) is 5.35. The number of aromatic nitrogens is 2. The van der Waals surface area contributed by atoms with Gasteiger partial charge in [0.2, 0.25) is 5.95 Å². The average Bonchev–Trinajstić information content (AvgIpc) is 3.35. The zero-order chi connectivity index (χ0) is 23.5. The molecular formula is C26H25F2N5O. The van der Waals surface area contributed by atoms with Gasteiger partial charge in [-0.05, 0) is 36.1 Å². The van der Waals surface area contributed by atoms with Crippen LogP contribution >= 0.6 is 0 Å². The fourth-order valence-electron chi connectivity index (χ4n) is 4.51. The summed E-state index contributed by atoms with van der Waals surface area (Å²) in [5, 5.41) is 4.04. The molecule has 0 aliphatic carbocycles. The van der Waals surface area contributed by atoms with Crippen molar-refractivity contribution in [3.05, 3.63) is 77.6 Å². The van der Waals surface area contributed by atoms with Crippen molar-refractivity contribution in [1.29, 1.82) is 0 Å². The molecule has 0 radical (unpaired) electrons. The first-order chi connectivity index (χ1) is 16.6. The molecule has 5 rings (SSSR count). The number of hydrogen-bond acceptors (Lipinski definition) is 6. The van der Waals surface area contributed by atoms with E-state index >= 15 is 0 Å². The maximum absolute atomic E-state index is 14.1. The number of piperidine rings is 1. The molecule has 2 aliphatic heterocycles. The van der Waals surface area contributed by atoms with Crippen molar-refractivity contribution in [3.63, 3.8) is 0 Å². The summed E-state index contributed by atoms with van der Waals surface area (Å²) in [6.45, 7) is 1.63. The van der Waals surface area contributed by atoms with E-state index in [9.17, 15) is 8.78 Å². The van der Waals surface area contributed by atoms with Crippen LogP contribution in [0, 0.1) is 11.6 Å². The fourth-order valence-corrected chi connectivity index (χ4v) is 4.51. The molecular weight excluding hydrogens is 436 g/mol. The topological polar surface area (TPSA) is 63.0 Å². The van der Waals surface area contributed by atoms with Crippen molar-refractivity contribution < 1.29 is 13.6 Å². The monoisotopic (exact) mass is 461 g/mol. The minimum atomic E-state index is -0.564. The number of halogens is 2. The molecule has 1 saturated heterocycles. The summed E-state index contributed by atoms with van der Waals surface area (Å²) < 4.78 is 28.2. The second-order valence-electron chi connectivity index (χ2n) is 8.45. The van der Waals surface area contributed by atoms with Gasteiger partial charge >= 0.3 is 0 Å². The molecule has 1 fully saturated rings. The molecule has 3 heterocycles. The van der Waals surface area contributed by atoms with E-state index in [4.69, 9.17) is 4.84 Å². The Morgan fingerprint density at radius 1 is 0.912 bits per heavy atom. The van der Waals surface area contributed by atoms with Gasteiger partial charge in [-0.2, -0.15) is 0 Å². The standard InChI is InChI=1S/C26H25F2N5O/c1-34-32-20-11-13-33(14-12-20)26-29-15-19(16-30-26)17-5-7-18(8-6-17)23-9-10-24(31-23)25-21(27)3-2-4-22(25)28/h2-8,15-16,23H,9-14H2,1H3.